The summed E-state index contributed by atoms with van der Waals surface area (Å²) in [7, 11) is 0. The first-order valence-corrected chi connectivity index (χ1v) is 12.2. The number of nitrogens with one attached hydrogen (secondary N) is 1. The van der Waals surface area contributed by atoms with Gasteiger partial charge in [-0.05, 0) is 44.2 Å². The van der Waals surface area contributed by atoms with Crippen LogP contribution in [0.1, 0.15) is 57.8 Å². The van der Waals surface area contributed by atoms with Crippen LogP contribution in [0.4, 0.5) is 5.69 Å². The zero-order valence-electron chi connectivity index (χ0n) is 17.5. The van der Waals surface area contributed by atoms with E-state index in [-0.39, 0.29) is 30.3 Å². The summed E-state index contributed by atoms with van der Waals surface area (Å²) >= 11 is 1.32. The summed E-state index contributed by atoms with van der Waals surface area (Å²) in [4.78, 5) is 43.5. The van der Waals surface area contributed by atoms with Crippen LogP contribution in [0.2, 0.25) is 0 Å². The van der Waals surface area contributed by atoms with E-state index in [1.807, 2.05) is 29.2 Å². The summed E-state index contributed by atoms with van der Waals surface area (Å²) in [6.07, 6.45) is 9.84. The fourth-order valence-corrected chi connectivity index (χ4v) is 5.85. The average Bonchev–Trinajstić information content (AvgIpc) is 3.04. The van der Waals surface area contributed by atoms with Gasteiger partial charge in [0.2, 0.25) is 11.8 Å². The Bertz CT molecular complexity index is 786. The summed E-state index contributed by atoms with van der Waals surface area (Å²) in [6, 6.07) is 7.76. The van der Waals surface area contributed by atoms with Crippen LogP contribution in [0.15, 0.2) is 29.2 Å². The molecule has 1 saturated carbocycles. The van der Waals surface area contributed by atoms with Crippen LogP contribution in [0, 0.1) is 0 Å². The fraction of sp³-hybridized carbons (Fsp3) is 0.609. The minimum Gasteiger partial charge on any atom is -0.352 e. The number of nitrogens with zero attached hydrogens (tertiary/aromatic N) is 2. The second kappa shape index (κ2) is 9.86. The van der Waals surface area contributed by atoms with Crippen LogP contribution >= 0.6 is 11.8 Å². The molecule has 2 heterocycles. The summed E-state index contributed by atoms with van der Waals surface area (Å²) in [5.41, 5.74) is 0.728. The Morgan fingerprint density at radius 1 is 0.967 bits per heavy atom. The van der Waals surface area contributed by atoms with Crippen molar-refractivity contribution in [1.29, 1.82) is 0 Å². The molecule has 0 unspecified atom stereocenters. The van der Waals surface area contributed by atoms with Crippen LogP contribution in [-0.4, -0.2) is 53.5 Å². The Balaban J connectivity index is 1.49. The van der Waals surface area contributed by atoms with Gasteiger partial charge < -0.3 is 15.1 Å². The van der Waals surface area contributed by atoms with E-state index in [2.05, 4.69) is 5.32 Å². The molecule has 1 aliphatic carbocycles. The number of anilines is 1. The van der Waals surface area contributed by atoms with E-state index in [9.17, 15) is 14.4 Å². The molecule has 162 valence electrons. The third kappa shape index (κ3) is 4.82. The lowest BCUT2D eigenvalue weighted by Gasteiger charge is -2.36. The lowest BCUT2D eigenvalue weighted by molar-refractivity contribution is -0.136. The first kappa shape index (κ1) is 21.2. The molecule has 30 heavy (non-hydrogen) atoms. The third-order valence-corrected chi connectivity index (χ3v) is 7.54. The van der Waals surface area contributed by atoms with Crippen LogP contribution in [0.5, 0.6) is 0 Å². The normalized spacial score (nSPS) is 22.9. The Morgan fingerprint density at radius 3 is 2.37 bits per heavy atom. The number of para-hydroxylation sites is 1. The number of carbonyl (C=O) groups excluding carboxylic acids is 3. The van der Waals surface area contributed by atoms with Gasteiger partial charge in [0, 0.05) is 24.0 Å². The lowest BCUT2D eigenvalue weighted by Crippen LogP contribution is -2.53. The summed E-state index contributed by atoms with van der Waals surface area (Å²) in [5, 5.41) is 2.33. The number of amides is 3. The van der Waals surface area contributed by atoms with Gasteiger partial charge in [0.1, 0.15) is 6.54 Å². The Labute approximate surface area is 182 Å². The summed E-state index contributed by atoms with van der Waals surface area (Å²) < 4.78 is 0. The molecule has 1 N–H and O–H groups in total. The molecule has 7 heteroatoms. The van der Waals surface area contributed by atoms with E-state index < -0.39 is 5.25 Å². The Morgan fingerprint density at radius 2 is 1.63 bits per heavy atom. The molecule has 3 amide bonds. The SMILES string of the molecule is O=C(CN1C(=O)[C@@H](C(=O)N2CCCCC2)Sc2ccccc21)NC1CCCCCC1. The highest BCUT2D eigenvalue weighted by Crippen LogP contribution is 2.39. The molecule has 2 aliphatic heterocycles. The fourth-order valence-electron chi connectivity index (χ4n) is 4.66. The number of carbonyl (C=O) groups is 3. The lowest BCUT2D eigenvalue weighted by atomic mass is 10.1. The number of hydrogen-bond donors (Lipinski definition) is 1. The smallest absolute Gasteiger partial charge is 0.250 e. The average molecular weight is 430 g/mol. The predicted molar refractivity (Wildman–Crippen MR) is 119 cm³/mol. The van der Waals surface area contributed by atoms with Crippen molar-refractivity contribution in [2.75, 3.05) is 24.5 Å². The van der Waals surface area contributed by atoms with Gasteiger partial charge >= 0.3 is 0 Å². The Hall–Kier alpha value is -2.02. The highest BCUT2D eigenvalue weighted by Gasteiger charge is 2.41. The molecule has 0 aromatic heterocycles. The van der Waals surface area contributed by atoms with E-state index in [4.69, 9.17) is 0 Å². The molecular weight excluding hydrogens is 398 g/mol. The largest absolute Gasteiger partial charge is 0.352 e. The minimum absolute atomic E-state index is 0.0311. The van der Waals surface area contributed by atoms with Gasteiger partial charge in [0.05, 0.1) is 5.69 Å². The van der Waals surface area contributed by atoms with Crippen molar-refractivity contribution in [2.45, 2.75) is 74.0 Å². The molecular formula is C23H31N3O3S. The molecule has 1 aromatic carbocycles. The molecule has 0 spiro atoms. The van der Waals surface area contributed by atoms with E-state index >= 15 is 0 Å². The van der Waals surface area contributed by atoms with E-state index in [0.717, 1.165) is 55.5 Å². The van der Waals surface area contributed by atoms with Crippen molar-refractivity contribution in [3.63, 3.8) is 0 Å². The van der Waals surface area contributed by atoms with E-state index in [1.165, 1.54) is 29.5 Å². The van der Waals surface area contributed by atoms with Crippen LogP contribution in [-0.2, 0) is 14.4 Å². The van der Waals surface area contributed by atoms with Gasteiger partial charge in [-0.2, -0.15) is 0 Å². The molecule has 1 aromatic rings. The maximum absolute atomic E-state index is 13.3. The van der Waals surface area contributed by atoms with Gasteiger partial charge in [-0.3, -0.25) is 14.4 Å². The number of hydrogen-bond acceptors (Lipinski definition) is 4. The molecule has 2 fully saturated rings. The first-order chi connectivity index (χ1) is 14.6. The molecule has 6 nitrogen and oxygen atoms in total. The van der Waals surface area contributed by atoms with Crippen molar-refractivity contribution in [3.8, 4) is 0 Å². The third-order valence-electron chi connectivity index (χ3n) is 6.31. The number of likely N-dealkylation sites (tertiary alicyclic amines) is 1. The highest BCUT2D eigenvalue weighted by atomic mass is 32.2. The number of thioether (sulfide) groups is 1. The maximum Gasteiger partial charge on any atom is 0.250 e. The second-order valence-corrected chi connectivity index (χ2v) is 9.68. The second-order valence-electron chi connectivity index (χ2n) is 8.53. The minimum atomic E-state index is -0.802. The topological polar surface area (TPSA) is 69.7 Å². The highest BCUT2D eigenvalue weighted by molar-refractivity contribution is 8.01. The van der Waals surface area contributed by atoms with Gasteiger partial charge in [-0.1, -0.05) is 37.8 Å². The Kier molecular flexibility index (Phi) is 6.97. The molecule has 1 saturated heterocycles. The van der Waals surface area contributed by atoms with Crippen molar-refractivity contribution in [1.82, 2.24) is 10.2 Å². The van der Waals surface area contributed by atoms with Gasteiger partial charge in [0.25, 0.3) is 5.91 Å². The molecule has 1 atom stereocenters. The molecule has 3 aliphatic rings. The summed E-state index contributed by atoms with van der Waals surface area (Å²) in [6.45, 7) is 1.40. The quantitative estimate of drug-likeness (QED) is 0.589. The monoisotopic (exact) mass is 429 g/mol. The van der Waals surface area contributed by atoms with E-state index in [1.54, 1.807) is 0 Å². The van der Waals surface area contributed by atoms with Crippen LogP contribution < -0.4 is 10.2 Å². The number of piperidine rings is 1. The number of benzene rings is 1. The van der Waals surface area contributed by atoms with Gasteiger partial charge in [-0.15, -0.1) is 11.8 Å². The molecule has 4 rings (SSSR count). The van der Waals surface area contributed by atoms with Crippen LogP contribution in [0.25, 0.3) is 0 Å². The van der Waals surface area contributed by atoms with Crippen molar-refractivity contribution in [2.24, 2.45) is 0 Å². The first-order valence-electron chi connectivity index (χ1n) is 11.3. The van der Waals surface area contributed by atoms with Crippen LogP contribution in [0.3, 0.4) is 0 Å². The summed E-state index contributed by atoms with van der Waals surface area (Å²) in [5.74, 6) is -0.528. The number of fused-ring (bicyclic) bond motifs is 1. The van der Waals surface area contributed by atoms with E-state index in [0.29, 0.717) is 13.1 Å². The molecule has 0 radical (unpaired) electrons. The molecule has 0 bridgehead atoms. The maximum atomic E-state index is 13.3. The standard InChI is InChI=1S/C23H31N3O3S/c27-20(24-17-10-4-1-2-5-11-17)16-26-18-12-6-7-13-19(18)30-21(23(26)29)22(28)25-14-8-3-9-15-25/h6-7,12-13,17,21H,1-5,8-11,14-16H2,(H,24,27)/t21-/m1/s1. The van der Waals surface area contributed by atoms with Gasteiger partial charge in [-0.25, -0.2) is 0 Å². The van der Waals surface area contributed by atoms with Crippen molar-refractivity contribution >= 4 is 35.2 Å². The zero-order valence-corrected chi connectivity index (χ0v) is 18.3. The zero-order chi connectivity index (χ0) is 20.9. The van der Waals surface area contributed by atoms with Crippen molar-refractivity contribution in [3.05, 3.63) is 24.3 Å². The van der Waals surface area contributed by atoms with Gasteiger partial charge in [0.15, 0.2) is 5.25 Å². The van der Waals surface area contributed by atoms with Crippen molar-refractivity contribution < 1.29 is 14.4 Å². The number of rotatable bonds is 4. The predicted octanol–water partition coefficient (Wildman–Crippen LogP) is 3.35.